The summed E-state index contributed by atoms with van der Waals surface area (Å²) < 4.78 is 0. The molecule has 2 fully saturated rings. The zero-order valence-corrected chi connectivity index (χ0v) is 13.0. The fraction of sp³-hybridized carbons (Fsp3) is 0.471. The van der Waals surface area contributed by atoms with Crippen LogP contribution in [-0.2, 0) is 0 Å². The van der Waals surface area contributed by atoms with Crippen molar-refractivity contribution >= 4 is 5.82 Å². The molecule has 2 aliphatic rings. The van der Waals surface area contributed by atoms with Crippen molar-refractivity contribution in [3.63, 3.8) is 0 Å². The Kier molecular flexibility index (Phi) is 3.93. The van der Waals surface area contributed by atoms with Gasteiger partial charge < -0.3 is 15.3 Å². The predicted octanol–water partition coefficient (Wildman–Crippen LogP) is 1.09. The van der Waals surface area contributed by atoms with Crippen LogP contribution in [0.4, 0.5) is 5.82 Å². The van der Waals surface area contributed by atoms with E-state index in [4.69, 9.17) is 0 Å². The lowest BCUT2D eigenvalue weighted by Gasteiger charge is -2.42. The molecule has 0 amide bonds. The summed E-state index contributed by atoms with van der Waals surface area (Å²) in [6.45, 7) is 2.97. The lowest BCUT2D eigenvalue weighted by atomic mass is 9.88. The maximum Gasteiger partial charge on any atom is 0.151 e. The van der Waals surface area contributed by atoms with Crippen LogP contribution in [0.25, 0.3) is 11.3 Å². The second-order valence-corrected chi connectivity index (χ2v) is 6.44. The topological polar surface area (TPSA) is 74.2 Å². The molecule has 1 aliphatic heterocycles. The number of anilines is 1. The molecular formula is C17H21N5O. The first-order chi connectivity index (χ1) is 11.3. The van der Waals surface area contributed by atoms with Gasteiger partial charge in [-0.25, -0.2) is 0 Å². The summed E-state index contributed by atoms with van der Waals surface area (Å²) in [7, 11) is 0. The molecular weight excluding hydrogens is 290 g/mol. The van der Waals surface area contributed by atoms with Crippen LogP contribution in [-0.4, -0.2) is 52.1 Å². The van der Waals surface area contributed by atoms with Crippen LogP contribution in [0.1, 0.15) is 12.8 Å². The number of nitrogens with zero attached hydrogens (tertiary/aromatic N) is 4. The van der Waals surface area contributed by atoms with Crippen LogP contribution >= 0.6 is 0 Å². The summed E-state index contributed by atoms with van der Waals surface area (Å²) >= 11 is 0. The smallest absolute Gasteiger partial charge is 0.151 e. The Bertz CT molecular complexity index is 642. The van der Waals surface area contributed by atoms with Crippen LogP contribution < -0.4 is 10.2 Å². The first-order valence-corrected chi connectivity index (χ1v) is 8.20. The zero-order chi connectivity index (χ0) is 15.6. The number of aromatic nitrogens is 3. The average molecular weight is 311 g/mol. The first kappa shape index (κ1) is 14.5. The molecule has 0 radical (unpaired) electrons. The molecule has 23 heavy (non-hydrogen) atoms. The van der Waals surface area contributed by atoms with Gasteiger partial charge in [0, 0.05) is 49.6 Å². The number of hydrogen-bond donors (Lipinski definition) is 2. The first-order valence-electron chi connectivity index (χ1n) is 8.20. The standard InChI is InChI=1S/C17H21N5O/c23-16-3-1-15(16)19-9-12-10-22(11-12)17-4-2-14(20-21-17)13-5-7-18-8-6-13/h2,4-8,12,15-16,19,23H,1,3,9-11H2. The molecule has 0 bridgehead atoms. The van der Waals surface area contributed by atoms with E-state index in [0.717, 1.165) is 49.6 Å². The van der Waals surface area contributed by atoms with Crippen molar-refractivity contribution < 1.29 is 5.11 Å². The molecule has 2 N–H and O–H groups in total. The molecule has 120 valence electrons. The normalized spacial score (nSPS) is 24.1. The second-order valence-electron chi connectivity index (χ2n) is 6.44. The van der Waals surface area contributed by atoms with Crippen molar-refractivity contribution in [1.29, 1.82) is 0 Å². The second kappa shape index (κ2) is 6.22. The van der Waals surface area contributed by atoms with E-state index in [9.17, 15) is 5.11 Å². The quantitative estimate of drug-likeness (QED) is 0.861. The number of hydrogen-bond acceptors (Lipinski definition) is 6. The molecule has 1 aliphatic carbocycles. The third kappa shape index (κ3) is 3.04. The van der Waals surface area contributed by atoms with E-state index in [0.29, 0.717) is 12.0 Å². The summed E-state index contributed by atoms with van der Waals surface area (Å²) in [5.74, 6) is 1.56. The van der Waals surface area contributed by atoms with Gasteiger partial charge in [0.1, 0.15) is 0 Å². The summed E-state index contributed by atoms with van der Waals surface area (Å²) in [5.41, 5.74) is 1.90. The van der Waals surface area contributed by atoms with Crippen LogP contribution in [0.2, 0.25) is 0 Å². The van der Waals surface area contributed by atoms with Crippen molar-refractivity contribution in [2.45, 2.75) is 25.0 Å². The van der Waals surface area contributed by atoms with E-state index < -0.39 is 0 Å². The van der Waals surface area contributed by atoms with E-state index in [2.05, 4.69) is 25.4 Å². The molecule has 2 atom stereocenters. The zero-order valence-electron chi connectivity index (χ0n) is 13.0. The van der Waals surface area contributed by atoms with Gasteiger partial charge in [0.15, 0.2) is 5.82 Å². The minimum atomic E-state index is -0.141. The molecule has 3 heterocycles. The molecule has 2 aromatic heterocycles. The van der Waals surface area contributed by atoms with Crippen LogP contribution in [0.5, 0.6) is 0 Å². The number of aliphatic hydroxyl groups excluding tert-OH is 1. The molecule has 2 unspecified atom stereocenters. The van der Waals surface area contributed by atoms with Gasteiger partial charge in [0.25, 0.3) is 0 Å². The Morgan fingerprint density at radius 1 is 1.09 bits per heavy atom. The van der Waals surface area contributed by atoms with E-state index in [1.165, 1.54) is 0 Å². The lowest BCUT2D eigenvalue weighted by molar-refractivity contribution is 0.0474. The minimum Gasteiger partial charge on any atom is -0.392 e. The molecule has 6 nitrogen and oxygen atoms in total. The van der Waals surface area contributed by atoms with E-state index in [1.807, 2.05) is 24.3 Å². The Morgan fingerprint density at radius 3 is 2.52 bits per heavy atom. The van der Waals surface area contributed by atoms with Gasteiger partial charge in [-0.2, -0.15) is 0 Å². The molecule has 4 rings (SSSR count). The van der Waals surface area contributed by atoms with E-state index in [1.54, 1.807) is 12.4 Å². The molecule has 6 heteroatoms. The van der Waals surface area contributed by atoms with Gasteiger partial charge in [-0.15, -0.1) is 10.2 Å². The highest BCUT2D eigenvalue weighted by Gasteiger charge is 2.32. The van der Waals surface area contributed by atoms with Crippen LogP contribution in [0.3, 0.4) is 0 Å². The predicted molar refractivity (Wildman–Crippen MR) is 88.0 cm³/mol. The Balaban J connectivity index is 1.29. The monoisotopic (exact) mass is 311 g/mol. The van der Waals surface area contributed by atoms with Gasteiger partial charge in [-0.3, -0.25) is 4.98 Å². The lowest BCUT2D eigenvalue weighted by Crippen LogP contribution is -2.55. The largest absolute Gasteiger partial charge is 0.392 e. The maximum absolute atomic E-state index is 9.57. The van der Waals surface area contributed by atoms with Crippen molar-refractivity contribution in [1.82, 2.24) is 20.5 Å². The molecule has 0 spiro atoms. The van der Waals surface area contributed by atoms with Crippen molar-refractivity contribution in [3.05, 3.63) is 36.7 Å². The number of aliphatic hydroxyl groups is 1. The Hall–Kier alpha value is -2.05. The summed E-state index contributed by atoms with van der Waals surface area (Å²) in [6.07, 6.45) is 5.42. The highest BCUT2D eigenvalue weighted by atomic mass is 16.3. The third-order valence-electron chi connectivity index (χ3n) is 4.81. The third-order valence-corrected chi connectivity index (χ3v) is 4.81. The SMILES string of the molecule is OC1CCC1NCC1CN(c2ccc(-c3ccncc3)nn2)C1. The van der Waals surface area contributed by atoms with Crippen molar-refractivity contribution in [3.8, 4) is 11.3 Å². The number of rotatable bonds is 5. The molecule has 2 aromatic rings. The number of nitrogens with one attached hydrogen (secondary N) is 1. The Morgan fingerprint density at radius 2 is 1.91 bits per heavy atom. The fourth-order valence-electron chi connectivity index (χ4n) is 3.10. The summed E-state index contributed by atoms with van der Waals surface area (Å²) in [4.78, 5) is 6.26. The van der Waals surface area contributed by atoms with Crippen molar-refractivity contribution in [2.75, 3.05) is 24.5 Å². The van der Waals surface area contributed by atoms with Crippen LogP contribution in [0, 0.1) is 5.92 Å². The highest BCUT2D eigenvalue weighted by molar-refractivity contribution is 5.59. The van der Waals surface area contributed by atoms with Gasteiger partial charge in [-0.1, -0.05) is 0 Å². The molecule has 0 aromatic carbocycles. The van der Waals surface area contributed by atoms with E-state index >= 15 is 0 Å². The van der Waals surface area contributed by atoms with Crippen LogP contribution in [0.15, 0.2) is 36.7 Å². The summed E-state index contributed by atoms with van der Waals surface area (Å²) in [5, 5.41) is 21.7. The van der Waals surface area contributed by atoms with E-state index in [-0.39, 0.29) is 6.10 Å². The van der Waals surface area contributed by atoms with Gasteiger partial charge in [0.2, 0.25) is 0 Å². The molecule has 1 saturated carbocycles. The van der Waals surface area contributed by atoms with Gasteiger partial charge in [-0.05, 0) is 37.1 Å². The fourth-order valence-corrected chi connectivity index (χ4v) is 3.10. The number of pyridine rings is 1. The van der Waals surface area contributed by atoms with Crippen molar-refractivity contribution in [2.24, 2.45) is 5.92 Å². The highest BCUT2D eigenvalue weighted by Crippen LogP contribution is 2.25. The Labute approximate surface area is 135 Å². The molecule has 1 saturated heterocycles. The maximum atomic E-state index is 9.57. The van der Waals surface area contributed by atoms with Gasteiger partial charge >= 0.3 is 0 Å². The summed E-state index contributed by atoms with van der Waals surface area (Å²) in [6, 6.07) is 8.22. The average Bonchev–Trinajstić information content (AvgIpc) is 2.56. The minimum absolute atomic E-state index is 0.141. The van der Waals surface area contributed by atoms with Gasteiger partial charge in [0.05, 0.1) is 11.8 Å².